The second-order valence-electron chi connectivity index (χ2n) is 8.74. The number of carbonyl (C=O) groups is 1. The number of nitrogens with one attached hydrogen (secondary N) is 2. The van der Waals surface area contributed by atoms with Crippen molar-refractivity contribution in [1.82, 2.24) is 5.32 Å². The van der Waals surface area contributed by atoms with Gasteiger partial charge in [0.25, 0.3) is 5.91 Å². The van der Waals surface area contributed by atoms with Crippen LogP contribution in [0.25, 0.3) is 0 Å². The molecule has 0 fully saturated rings. The molecular formula is C27H35N5O2. The summed E-state index contributed by atoms with van der Waals surface area (Å²) < 4.78 is 0. The van der Waals surface area contributed by atoms with Crippen molar-refractivity contribution in [3.8, 4) is 5.75 Å². The molecule has 0 radical (unpaired) electrons. The first-order valence-corrected chi connectivity index (χ1v) is 12.0. The van der Waals surface area contributed by atoms with Crippen LogP contribution in [0.4, 0.5) is 11.4 Å². The second-order valence-corrected chi connectivity index (χ2v) is 8.74. The van der Waals surface area contributed by atoms with Gasteiger partial charge in [0.1, 0.15) is 5.75 Å². The van der Waals surface area contributed by atoms with Crippen molar-refractivity contribution in [2.24, 2.45) is 15.9 Å². The third-order valence-corrected chi connectivity index (χ3v) is 5.49. The van der Waals surface area contributed by atoms with Crippen molar-refractivity contribution in [2.45, 2.75) is 46.5 Å². The first kappa shape index (κ1) is 25.0. The first-order chi connectivity index (χ1) is 16.5. The van der Waals surface area contributed by atoms with Crippen LogP contribution in [0, 0.1) is 5.92 Å². The van der Waals surface area contributed by atoms with Crippen LogP contribution in [-0.4, -0.2) is 36.4 Å². The molecule has 1 aliphatic heterocycles. The average Bonchev–Trinajstić information content (AvgIpc) is 2.82. The molecule has 3 N–H and O–H groups in total. The number of guanidine groups is 1. The topological polar surface area (TPSA) is 89.3 Å². The normalized spacial score (nSPS) is 14.1. The van der Waals surface area contributed by atoms with E-state index < -0.39 is 0 Å². The number of fused-ring (bicyclic) bond motifs is 1. The van der Waals surface area contributed by atoms with Gasteiger partial charge in [-0.05, 0) is 79.6 Å². The van der Waals surface area contributed by atoms with Gasteiger partial charge >= 0.3 is 0 Å². The number of phenolic OH excluding ortho intramolecular Hbond substituents is 1. The Bertz CT molecular complexity index is 1040. The maximum atomic E-state index is 12.3. The minimum absolute atomic E-state index is 0.0696. The van der Waals surface area contributed by atoms with Crippen LogP contribution in [0.2, 0.25) is 0 Å². The Balaban J connectivity index is 1.70. The van der Waals surface area contributed by atoms with E-state index in [-0.39, 0.29) is 11.7 Å². The molecule has 0 spiro atoms. The zero-order chi connectivity index (χ0) is 24.3. The number of rotatable bonds is 8. The van der Waals surface area contributed by atoms with Crippen molar-refractivity contribution in [3.63, 3.8) is 0 Å². The number of phenols is 1. The number of amides is 1. The molecule has 7 heteroatoms. The molecule has 0 atom stereocenters. The van der Waals surface area contributed by atoms with E-state index in [1.54, 1.807) is 30.7 Å². The standard InChI is InChI=1S/C27H35N5O2/c1-4-5-15-29-27(30-19-32-17-6-7-22-18-24(33)12-13-25(22)32)31-23-10-8-21(9-11-23)26(34)28-16-14-20(2)3/h5,8-13,15,18-20,33H,4,6-7,14,16-17H2,1-3H3,(H,28,34)(H,29,31)/b15-5-,30-19+. The van der Waals surface area contributed by atoms with Crippen molar-refractivity contribution in [3.05, 3.63) is 65.9 Å². The smallest absolute Gasteiger partial charge is 0.251 e. The van der Waals surface area contributed by atoms with Gasteiger partial charge in [0.15, 0.2) is 0 Å². The number of aliphatic imine (C=N–C) groups is 2. The highest BCUT2D eigenvalue weighted by molar-refractivity contribution is 6.01. The first-order valence-electron chi connectivity index (χ1n) is 12.0. The SMILES string of the molecule is CC\C=C/N=C(\N=C\N1CCCc2cc(O)ccc21)Nc1ccc(C(=O)NCCC(C)C)cc1. The van der Waals surface area contributed by atoms with E-state index in [4.69, 9.17) is 0 Å². The molecule has 1 heterocycles. The minimum Gasteiger partial charge on any atom is -0.508 e. The number of allylic oxidation sites excluding steroid dienone is 1. The molecule has 0 bridgehead atoms. The number of aryl methyl sites for hydroxylation is 1. The Morgan fingerprint density at radius 3 is 2.74 bits per heavy atom. The largest absolute Gasteiger partial charge is 0.508 e. The predicted molar refractivity (Wildman–Crippen MR) is 141 cm³/mol. The minimum atomic E-state index is -0.0696. The average molecular weight is 462 g/mol. The number of anilines is 2. The van der Waals surface area contributed by atoms with Crippen LogP contribution in [0.3, 0.4) is 0 Å². The molecule has 0 saturated heterocycles. The Kier molecular flexibility index (Phi) is 9.26. The lowest BCUT2D eigenvalue weighted by Gasteiger charge is -2.27. The molecule has 2 aromatic carbocycles. The van der Waals surface area contributed by atoms with Gasteiger partial charge in [0.2, 0.25) is 5.96 Å². The number of nitrogens with zero attached hydrogens (tertiary/aromatic N) is 3. The van der Waals surface area contributed by atoms with E-state index >= 15 is 0 Å². The molecule has 0 saturated carbocycles. The summed E-state index contributed by atoms with van der Waals surface area (Å²) >= 11 is 0. The van der Waals surface area contributed by atoms with E-state index in [0.29, 0.717) is 24.0 Å². The molecule has 180 valence electrons. The summed E-state index contributed by atoms with van der Waals surface area (Å²) in [6.07, 6.45) is 9.22. The van der Waals surface area contributed by atoms with Gasteiger partial charge in [0.05, 0.1) is 6.34 Å². The van der Waals surface area contributed by atoms with Crippen molar-refractivity contribution < 1.29 is 9.90 Å². The third kappa shape index (κ3) is 7.47. The van der Waals surface area contributed by atoms with Gasteiger partial charge in [-0.3, -0.25) is 4.79 Å². The zero-order valence-corrected chi connectivity index (χ0v) is 20.3. The fraction of sp³-hybridized carbons (Fsp3) is 0.370. The molecule has 7 nitrogen and oxygen atoms in total. The van der Waals surface area contributed by atoms with Crippen molar-refractivity contribution >= 4 is 29.6 Å². The summed E-state index contributed by atoms with van der Waals surface area (Å²) in [6, 6.07) is 12.7. The maximum absolute atomic E-state index is 12.3. The van der Waals surface area contributed by atoms with Gasteiger partial charge in [-0.1, -0.05) is 26.8 Å². The Morgan fingerprint density at radius 1 is 1.21 bits per heavy atom. The summed E-state index contributed by atoms with van der Waals surface area (Å²) in [5.41, 5.74) is 3.57. The molecule has 0 aliphatic carbocycles. The number of benzene rings is 2. The third-order valence-electron chi connectivity index (χ3n) is 5.49. The zero-order valence-electron chi connectivity index (χ0n) is 20.3. The fourth-order valence-electron chi connectivity index (χ4n) is 3.59. The number of hydrogen-bond donors (Lipinski definition) is 3. The van der Waals surface area contributed by atoms with E-state index in [1.165, 1.54) is 0 Å². The molecule has 2 aromatic rings. The van der Waals surface area contributed by atoms with Crippen LogP contribution in [0.15, 0.2) is 64.7 Å². The highest BCUT2D eigenvalue weighted by Gasteiger charge is 2.16. The van der Waals surface area contributed by atoms with Crippen molar-refractivity contribution in [1.29, 1.82) is 0 Å². The summed E-state index contributed by atoms with van der Waals surface area (Å²) in [6.45, 7) is 7.84. The Labute approximate surface area is 202 Å². The molecule has 34 heavy (non-hydrogen) atoms. The van der Waals surface area contributed by atoms with Crippen molar-refractivity contribution in [2.75, 3.05) is 23.3 Å². The molecular weight excluding hydrogens is 426 g/mol. The fourth-order valence-corrected chi connectivity index (χ4v) is 3.59. The second kappa shape index (κ2) is 12.6. The van der Waals surface area contributed by atoms with Crippen LogP contribution < -0.4 is 15.5 Å². The van der Waals surface area contributed by atoms with Gasteiger partial charge in [-0.15, -0.1) is 0 Å². The van der Waals surface area contributed by atoms with Gasteiger partial charge < -0.3 is 20.6 Å². The summed E-state index contributed by atoms with van der Waals surface area (Å²) in [4.78, 5) is 23.5. The number of aromatic hydroxyl groups is 1. The maximum Gasteiger partial charge on any atom is 0.251 e. The summed E-state index contributed by atoms with van der Waals surface area (Å²) in [5.74, 6) is 1.21. The molecule has 0 unspecified atom stereocenters. The lowest BCUT2D eigenvalue weighted by Crippen LogP contribution is -2.28. The molecule has 0 aromatic heterocycles. The lowest BCUT2D eigenvalue weighted by atomic mass is 10.0. The molecule has 1 amide bonds. The van der Waals surface area contributed by atoms with E-state index in [0.717, 1.165) is 49.2 Å². The van der Waals surface area contributed by atoms with E-state index in [1.807, 2.05) is 37.3 Å². The van der Waals surface area contributed by atoms with Crippen LogP contribution >= 0.6 is 0 Å². The van der Waals surface area contributed by atoms with Crippen LogP contribution in [-0.2, 0) is 6.42 Å². The van der Waals surface area contributed by atoms with Gasteiger partial charge in [0, 0.05) is 36.2 Å². The summed E-state index contributed by atoms with van der Waals surface area (Å²) in [5, 5.41) is 16.0. The van der Waals surface area contributed by atoms with E-state index in [9.17, 15) is 9.90 Å². The highest BCUT2D eigenvalue weighted by atomic mass is 16.3. The monoisotopic (exact) mass is 461 g/mol. The Hall–Kier alpha value is -3.61. The van der Waals surface area contributed by atoms with Gasteiger partial charge in [-0.2, -0.15) is 0 Å². The van der Waals surface area contributed by atoms with Crippen LogP contribution in [0.5, 0.6) is 5.75 Å². The number of hydrogen-bond acceptors (Lipinski definition) is 3. The van der Waals surface area contributed by atoms with E-state index in [2.05, 4.69) is 39.4 Å². The lowest BCUT2D eigenvalue weighted by molar-refractivity contribution is 0.0952. The predicted octanol–water partition coefficient (Wildman–Crippen LogP) is 5.34. The highest BCUT2D eigenvalue weighted by Crippen LogP contribution is 2.29. The quantitative estimate of drug-likeness (QED) is 0.366. The number of carbonyl (C=O) groups excluding carboxylic acids is 1. The van der Waals surface area contributed by atoms with Crippen LogP contribution in [0.1, 0.15) is 56.0 Å². The molecule has 3 rings (SSSR count). The molecule has 1 aliphatic rings. The Morgan fingerprint density at radius 2 is 2.00 bits per heavy atom. The summed E-state index contributed by atoms with van der Waals surface area (Å²) in [7, 11) is 0. The van der Waals surface area contributed by atoms with Gasteiger partial charge in [-0.25, -0.2) is 9.98 Å².